The zero-order valence-electron chi connectivity index (χ0n) is 23.3. The van der Waals surface area contributed by atoms with E-state index in [2.05, 4.69) is 54.6 Å². The molecule has 7 nitrogen and oxygen atoms in total. The number of likely N-dealkylation sites (tertiary alicyclic amines) is 1. The van der Waals surface area contributed by atoms with E-state index in [1.807, 2.05) is 30.3 Å². The van der Waals surface area contributed by atoms with Crippen LogP contribution < -0.4 is 4.74 Å². The molecule has 2 aromatic carbocycles. The van der Waals surface area contributed by atoms with Gasteiger partial charge >= 0.3 is 7.12 Å². The number of rotatable bonds is 7. The normalized spacial score (nSPS) is 25.0. The van der Waals surface area contributed by atoms with Gasteiger partial charge < -0.3 is 19.5 Å². The number of carbonyl (C=O) groups is 2. The van der Waals surface area contributed by atoms with Crippen LogP contribution in [0.4, 0.5) is 0 Å². The molecule has 3 aliphatic rings. The first-order valence-electron chi connectivity index (χ1n) is 13.8. The minimum atomic E-state index is -0.994. The van der Waals surface area contributed by atoms with Gasteiger partial charge in [0.05, 0.1) is 28.6 Å². The lowest BCUT2D eigenvalue weighted by molar-refractivity contribution is -0.138. The lowest BCUT2D eigenvalue weighted by Gasteiger charge is -2.44. The van der Waals surface area contributed by atoms with Crippen LogP contribution in [0.2, 0.25) is 6.32 Å². The summed E-state index contributed by atoms with van der Waals surface area (Å²) in [7, 11) is 2.11. The Morgan fingerprint density at radius 2 is 1.93 bits per heavy atom. The van der Waals surface area contributed by atoms with Gasteiger partial charge in [0.2, 0.25) is 11.8 Å². The van der Waals surface area contributed by atoms with Gasteiger partial charge in [-0.05, 0) is 94.4 Å². The van der Waals surface area contributed by atoms with Crippen LogP contribution in [0.3, 0.4) is 0 Å². The summed E-state index contributed by atoms with van der Waals surface area (Å²) >= 11 is 2.10. The average Bonchev–Trinajstić information content (AvgIpc) is 3.16. The average molecular weight is 655 g/mol. The molecular formula is C31H35BINO6. The second kappa shape index (κ2) is 11.7. The summed E-state index contributed by atoms with van der Waals surface area (Å²) < 4.78 is 12.3. The molecule has 2 aromatic rings. The Hall–Kier alpha value is -2.63. The molecule has 210 valence electrons. The van der Waals surface area contributed by atoms with Crippen LogP contribution in [0, 0.1) is 27.2 Å². The van der Waals surface area contributed by atoms with Crippen molar-refractivity contribution in [2.45, 2.75) is 45.5 Å². The Morgan fingerprint density at radius 3 is 2.60 bits per heavy atom. The van der Waals surface area contributed by atoms with Gasteiger partial charge in [-0.2, -0.15) is 0 Å². The molecule has 2 saturated heterocycles. The third-order valence-electron chi connectivity index (χ3n) is 8.59. The van der Waals surface area contributed by atoms with Gasteiger partial charge in [0, 0.05) is 7.05 Å². The second-order valence-corrected chi connectivity index (χ2v) is 12.4. The third-order valence-corrected chi connectivity index (χ3v) is 9.42. The Kier molecular flexibility index (Phi) is 8.45. The first-order valence-corrected chi connectivity index (χ1v) is 14.9. The van der Waals surface area contributed by atoms with Crippen LogP contribution in [0.1, 0.15) is 44.2 Å². The van der Waals surface area contributed by atoms with E-state index in [9.17, 15) is 19.7 Å². The zero-order chi connectivity index (χ0) is 28.7. The monoisotopic (exact) mass is 655 g/mol. The predicted molar refractivity (Wildman–Crippen MR) is 163 cm³/mol. The Labute approximate surface area is 249 Å². The standard InChI is InChI=1S/C31H35BINO6/c1-17(2)21-15-22-28(31(37)34(3)30(22)36)23-16-32(38)40-25(27(21)23)11-10-20(19-8-6-5-7-9-19)12-18-13-24(33)29(35)26(14-18)39-4/h5-9,12-14,17,22-23,25,28,35,38H,10-11,15-16H2,1-4H3/b20-12-/t22-,23+,25-,28-/m1/s1. The molecule has 0 aromatic heterocycles. The lowest BCUT2D eigenvalue weighted by Crippen LogP contribution is -2.46. The molecule has 2 heterocycles. The molecule has 2 amide bonds. The molecule has 0 bridgehead atoms. The van der Waals surface area contributed by atoms with Crippen LogP contribution in [-0.2, 0) is 14.2 Å². The summed E-state index contributed by atoms with van der Waals surface area (Å²) in [6.45, 7) is 4.25. The third kappa shape index (κ3) is 5.35. The van der Waals surface area contributed by atoms with E-state index < -0.39 is 13.0 Å². The first kappa shape index (κ1) is 28.9. The highest BCUT2D eigenvalue weighted by Crippen LogP contribution is 2.52. The highest BCUT2D eigenvalue weighted by atomic mass is 127. The second-order valence-electron chi connectivity index (χ2n) is 11.3. The van der Waals surface area contributed by atoms with E-state index in [4.69, 9.17) is 9.39 Å². The van der Waals surface area contributed by atoms with Crippen molar-refractivity contribution in [2.24, 2.45) is 23.7 Å². The zero-order valence-corrected chi connectivity index (χ0v) is 25.4. The van der Waals surface area contributed by atoms with Crippen molar-refractivity contribution >= 4 is 53.2 Å². The molecule has 40 heavy (non-hydrogen) atoms. The number of benzene rings is 2. The number of allylic oxidation sites excluding steroid dienone is 2. The molecule has 0 radical (unpaired) electrons. The van der Waals surface area contributed by atoms with Gasteiger partial charge in [0.1, 0.15) is 0 Å². The van der Waals surface area contributed by atoms with E-state index in [0.717, 1.165) is 22.3 Å². The number of halogens is 1. The predicted octanol–water partition coefficient (Wildman–Crippen LogP) is 5.41. The molecule has 0 spiro atoms. The quantitative estimate of drug-likeness (QED) is 0.136. The van der Waals surface area contributed by atoms with Crippen molar-refractivity contribution in [3.05, 3.63) is 68.3 Å². The van der Waals surface area contributed by atoms with Crippen LogP contribution in [0.5, 0.6) is 11.5 Å². The van der Waals surface area contributed by atoms with Crippen molar-refractivity contribution in [1.82, 2.24) is 4.90 Å². The lowest BCUT2D eigenvalue weighted by atomic mass is 9.57. The van der Waals surface area contributed by atoms with Gasteiger partial charge in [-0.3, -0.25) is 14.5 Å². The number of imide groups is 1. The fourth-order valence-electron chi connectivity index (χ4n) is 6.68. The number of nitrogens with zero attached hydrogens (tertiary/aromatic N) is 1. The number of hydrogen-bond acceptors (Lipinski definition) is 6. The van der Waals surface area contributed by atoms with Crippen LogP contribution in [-0.4, -0.2) is 54.2 Å². The highest BCUT2D eigenvalue weighted by molar-refractivity contribution is 14.1. The molecule has 2 fully saturated rings. The fraction of sp³-hybridized carbons (Fsp3) is 0.419. The number of hydrogen-bond donors (Lipinski definition) is 2. The van der Waals surface area contributed by atoms with Crippen molar-refractivity contribution < 1.29 is 29.1 Å². The van der Waals surface area contributed by atoms with Gasteiger partial charge in [0.15, 0.2) is 11.5 Å². The smallest absolute Gasteiger partial charge is 0.455 e. The maximum atomic E-state index is 13.2. The summed E-state index contributed by atoms with van der Waals surface area (Å²) in [6, 6.07) is 13.8. The Bertz CT molecular complexity index is 1370. The number of amides is 2. The number of aromatic hydroxyl groups is 1. The minimum absolute atomic E-state index is 0.113. The maximum absolute atomic E-state index is 13.2. The number of methoxy groups -OCH3 is 1. The SMILES string of the molecule is COc1cc(/C=C(/CC[C@H]2OB(O)C[C@H]3C2=C(C(C)C)C[C@H]2C(=O)N(C)C(=O)[C@H]23)c2ccccc2)cc(I)c1O. The van der Waals surface area contributed by atoms with E-state index in [1.54, 1.807) is 7.05 Å². The topological polar surface area (TPSA) is 96.3 Å². The van der Waals surface area contributed by atoms with Crippen LogP contribution in [0.25, 0.3) is 11.6 Å². The number of carbonyl (C=O) groups excluding carboxylic acids is 2. The largest absolute Gasteiger partial charge is 0.504 e. The summed E-state index contributed by atoms with van der Waals surface area (Å²) in [4.78, 5) is 27.4. The van der Waals surface area contributed by atoms with Gasteiger partial charge in [-0.25, -0.2) is 0 Å². The molecule has 0 saturated carbocycles. The van der Waals surface area contributed by atoms with Crippen molar-refractivity contribution in [2.75, 3.05) is 14.2 Å². The van der Waals surface area contributed by atoms with Crippen LogP contribution in [0.15, 0.2) is 53.6 Å². The number of fused-ring (bicyclic) bond motifs is 3. The number of phenolic OH excluding ortho intramolecular Hbond substituents is 1. The molecule has 1 aliphatic carbocycles. The van der Waals surface area contributed by atoms with Crippen molar-refractivity contribution in [1.29, 1.82) is 0 Å². The first-order chi connectivity index (χ1) is 19.1. The molecule has 5 rings (SSSR count). The maximum Gasteiger partial charge on any atom is 0.455 e. The Balaban J connectivity index is 1.51. The number of ether oxygens (including phenoxy) is 1. The molecule has 2 aliphatic heterocycles. The molecule has 9 heteroatoms. The molecule has 2 N–H and O–H groups in total. The van der Waals surface area contributed by atoms with Gasteiger partial charge in [-0.1, -0.05) is 55.8 Å². The summed E-state index contributed by atoms with van der Waals surface area (Å²) in [5, 5.41) is 21.1. The van der Waals surface area contributed by atoms with E-state index in [-0.39, 0.29) is 41.4 Å². The van der Waals surface area contributed by atoms with E-state index >= 15 is 0 Å². The summed E-state index contributed by atoms with van der Waals surface area (Å²) in [5.41, 5.74) is 5.34. The molecule has 4 atom stereocenters. The van der Waals surface area contributed by atoms with Crippen molar-refractivity contribution in [3.8, 4) is 11.5 Å². The van der Waals surface area contributed by atoms with Gasteiger partial charge in [0.25, 0.3) is 0 Å². The summed E-state index contributed by atoms with van der Waals surface area (Å²) in [5.74, 6) is -0.537. The number of phenols is 1. The minimum Gasteiger partial charge on any atom is -0.504 e. The fourth-order valence-corrected chi connectivity index (χ4v) is 7.31. The van der Waals surface area contributed by atoms with Gasteiger partial charge in [-0.15, -0.1) is 0 Å². The van der Waals surface area contributed by atoms with E-state index in [1.165, 1.54) is 17.6 Å². The highest BCUT2D eigenvalue weighted by Gasteiger charge is 2.56. The summed E-state index contributed by atoms with van der Waals surface area (Å²) in [6.07, 6.45) is 3.89. The molecular weight excluding hydrogens is 620 g/mol. The Morgan fingerprint density at radius 1 is 1.20 bits per heavy atom. The van der Waals surface area contributed by atoms with Crippen LogP contribution >= 0.6 is 22.6 Å². The molecule has 0 unspecified atom stereocenters. The van der Waals surface area contributed by atoms with Crippen molar-refractivity contribution in [3.63, 3.8) is 0 Å². The van der Waals surface area contributed by atoms with E-state index in [0.29, 0.717) is 34.9 Å².